The fourth-order valence-electron chi connectivity index (χ4n) is 11.2. The van der Waals surface area contributed by atoms with Gasteiger partial charge in [-0.2, -0.15) is 0 Å². The van der Waals surface area contributed by atoms with Gasteiger partial charge < -0.3 is 0 Å². The second-order valence-electron chi connectivity index (χ2n) is 17.9. The van der Waals surface area contributed by atoms with E-state index in [0.717, 1.165) is 0 Å². The summed E-state index contributed by atoms with van der Waals surface area (Å²) in [7, 11) is -2.38. The lowest BCUT2D eigenvalue weighted by Gasteiger charge is -2.35. The highest BCUT2D eigenvalue weighted by Gasteiger charge is 2.46. The first kappa shape index (κ1) is 42.7. The van der Waals surface area contributed by atoms with Gasteiger partial charge in [-0.3, -0.25) is 0 Å². The molecule has 2 aliphatic carbocycles. The fraction of sp³-hybridized carbons (Fsp3) is 0.481. The van der Waals surface area contributed by atoms with Crippen LogP contribution in [0.15, 0.2) is 105 Å². The maximum Gasteiger partial charge on any atom is 0.165 e. The van der Waals surface area contributed by atoms with Crippen LogP contribution in [-0.2, 0) is 10.8 Å². The zero-order chi connectivity index (χ0) is 39.9. The molecular weight excluding hydrogens is 836 g/mol. The van der Waals surface area contributed by atoms with E-state index < -0.39 is 8.07 Å². The van der Waals surface area contributed by atoms with Gasteiger partial charge in [-0.15, -0.1) is 0 Å². The highest BCUT2D eigenvalue weighted by atomic mass is 79.9. The smallest absolute Gasteiger partial charge is 0.0823 e. The minimum atomic E-state index is -2.38. The van der Waals surface area contributed by atoms with Crippen LogP contribution in [0.3, 0.4) is 0 Å². The second-order valence-corrected chi connectivity index (χ2v) is 23.3. The standard InChI is InChI=1S/C54H68Br2Si/c1-5-9-13-17-31-53(32-18-14-10-6-2)49-37-41(55)23-27-45(49)47-29-25-43(39-51(47)53)57(35-21-22-36-57)44-26-30-48-46-28-24-42(56)38-50(46)54(52(48)40-44,33-19-15-11-7-3)34-20-16-12-8-4/h21-30,35-40H,5-20,31-34H2,1-4H3. The van der Waals surface area contributed by atoms with E-state index in [4.69, 9.17) is 0 Å². The van der Waals surface area contributed by atoms with Crippen LogP contribution in [0.2, 0.25) is 0 Å². The van der Waals surface area contributed by atoms with Gasteiger partial charge in [-0.05, 0) is 105 Å². The van der Waals surface area contributed by atoms with Gasteiger partial charge in [0.2, 0.25) is 0 Å². The zero-order valence-corrected chi connectivity index (χ0v) is 39.8. The van der Waals surface area contributed by atoms with E-state index in [0.29, 0.717) is 0 Å². The normalized spacial score (nSPS) is 16.2. The third-order valence-corrected chi connectivity index (χ3v) is 19.2. The summed E-state index contributed by atoms with van der Waals surface area (Å²) in [6, 6.07) is 30.0. The minimum Gasteiger partial charge on any atom is -0.0823 e. The summed E-state index contributed by atoms with van der Waals surface area (Å²) in [5.41, 5.74) is 17.7. The van der Waals surface area contributed by atoms with Crippen LogP contribution < -0.4 is 10.4 Å². The first-order valence-electron chi connectivity index (χ1n) is 23.2. The molecule has 1 aliphatic heterocycles. The Kier molecular flexibility index (Phi) is 14.4. The SMILES string of the molecule is CCCCCCC1(CCCCCC)c2cc(Br)ccc2-c2ccc([Si]3(c4ccc5c(c4)C(CCCCCC)(CCCCCC)c4cc(Br)ccc4-5)C=CC=C3)cc21. The summed E-state index contributed by atoms with van der Waals surface area (Å²) < 4.78 is 2.43. The van der Waals surface area contributed by atoms with E-state index in [2.05, 4.69) is 156 Å². The number of hydrogen-bond acceptors (Lipinski definition) is 0. The molecule has 0 saturated heterocycles. The van der Waals surface area contributed by atoms with Gasteiger partial charge >= 0.3 is 0 Å². The lowest BCUT2D eigenvalue weighted by molar-refractivity contribution is 0.401. The molecule has 4 aromatic rings. The monoisotopic (exact) mass is 902 g/mol. The Balaban J connectivity index is 1.36. The van der Waals surface area contributed by atoms with Crippen molar-refractivity contribution in [3.05, 3.63) is 128 Å². The highest BCUT2D eigenvalue weighted by Crippen LogP contribution is 2.56. The topological polar surface area (TPSA) is 0 Å². The highest BCUT2D eigenvalue weighted by molar-refractivity contribution is 9.10. The Morgan fingerprint density at radius 1 is 0.386 bits per heavy atom. The van der Waals surface area contributed by atoms with E-state index in [1.807, 2.05) is 0 Å². The van der Waals surface area contributed by atoms with Crippen LogP contribution in [0.25, 0.3) is 22.3 Å². The molecular formula is C54H68Br2Si. The molecule has 302 valence electrons. The van der Waals surface area contributed by atoms with Crippen molar-refractivity contribution >= 4 is 50.3 Å². The third-order valence-electron chi connectivity index (χ3n) is 14.3. The molecule has 0 radical (unpaired) electrons. The van der Waals surface area contributed by atoms with Crippen molar-refractivity contribution in [3.63, 3.8) is 0 Å². The first-order chi connectivity index (χ1) is 27.9. The molecule has 0 nitrogen and oxygen atoms in total. The molecule has 0 spiro atoms. The molecule has 0 unspecified atom stereocenters. The van der Waals surface area contributed by atoms with Crippen molar-refractivity contribution in [1.82, 2.24) is 0 Å². The lowest BCUT2D eigenvalue weighted by atomic mass is 9.70. The van der Waals surface area contributed by atoms with Crippen molar-refractivity contribution in [2.45, 2.75) is 167 Å². The summed E-state index contributed by atoms with van der Waals surface area (Å²) in [4.78, 5) is 0. The van der Waals surface area contributed by atoms with Crippen LogP contribution in [-0.4, -0.2) is 8.07 Å². The predicted octanol–water partition coefficient (Wildman–Crippen LogP) is 16.4. The molecule has 0 amide bonds. The van der Waals surface area contributed by atoms with Crippen molar-refractivity contribution in [2.75, 3.05) is 0 Å². The van der Waals surface area contributed by atoms with Gasteiger partial charge in [-0.1, -0.05) is 234 Å². The molecule has 0 atom stereocenters. The van der Waals surface area contributed by atoms with E-state index in [9.17, 15) is 0 Å². The summed E-state index contributed by atoms with van der Waals surface area (Å²) in [6.07, 6.45) is 30.6. The van der Waals surface area contributed by atoms with Crippen molar-refractivity contribution in [1.29, 1.82) is 0 Å². The Hall–Kier alpha value is -2.46. The van der Waals surface area contributed by atoms with Gasteiger partial charge in [0.05, 0.1) is 0 Å². The summed E-state index contributed by atoms with van der Waals surface area (Å²) in [5.74, 6) is 0. The molecule has 0 saturated carbocycles. The molecule has 3 heteroatoms. The van der Waals surface area contributed by atoms with Gasteiger partial charge in [0, 0.05) is 19.8 Å². The Labute approximate surface area is 364 Å². The van der Waals surface area contributed by atoms with Gasteiger partial charge in [0.1, 0.15) is 0 Å². The minimum absolute atomic E-state index is 0.0622. The number of benzene rings is 4. The predicted molar refractivity (Wildman–Crippen MR) is 259 cm³/mol. The molecule has 0 aromatic heterocycles. The van der Waals surface area contributed by atoms with E-state index in [1.54, 1.807) is 32.6 Å². The van der Waals surface area contributed by atoms with Gasteiger partial charge in [-0.25, -0.2) is 0 Å². The van der Waals surface area contributed by atoms with Crippen LogP contribution in [0.1, 0.15) is 178 Å². The second kappa shape index (κ2) is 19.3. The first-order valence-corrected chi connectivity index (χ1v) is 26.9. The fourth-order valence-corrected chi connectivity index (χ4v) is 15.5. The summed E-state index contributed by atoms with van der Waals surface area (Å²) in [6.45, 7) is 9.37. The Morgan fingerprint density at radius 2 is 0.702 bits per heavy atom. The average Bonchev–Trinajstić information content (AvgIpc) is 3.90. The third kappa shape index (κ3) is 8.34. The molecule has 1 heterocycles. The van der Waals surface area contributed by atoms with E-state index in [1.165, 1.54) is 160 Å². The Morgan fingerprint density at radius 3 is 1.04 bits per heavy atom. The van der Waals surface area contributed by atoms with E-state index in [-0.39, 0.29) is 10.8 Å². The van der Waals surface area contributed by atoms with Crippen molar-refractivity contribution < 1.29 is 0 Å². The van der Waals surface area contributed by atoms with Crippen LogP contribution in [0, 0.1) is 0 Å². The van der Waals surface area contributed by atoms with Crippen molar-refractivity contribution in [3.8, 4) is 22.3 Å². The number of hydrogen-bond donors (Lipinski definition) is 0. The number of allylic oxidation sites excluding steroid dienone is 2. The summed E-state index contributed by atoms with van der Waals surface area (Å²) in [5, 5.41) is 3.11. The maximum absolute atomic E-state index is 3.94. The lowest BCUT2D eigenvalue weighted by Crippen LogP contribution is -2.55. The van der Waals surface area contributed by atoms with Crippen LogP contribution >= 0.6 is 31.9 Å². The number of fused-ring (bicyclic) bond motifs is 6. The molecule has 7 rings (SSSR count). The van der Waals surface area contributed by atoms with Crippen LogP contribution in [0.5, 0.6) is 0 Å². The number of rotatable bonds is 22. The zero-order valence-electron chi connectivity index (χ0n) is 35.6. The molecule has 0 fully saturated rings. The molecule has 57 heavy (non-hydrogen) atoms. The molecule has 0 bridgehead atoms. The molecule has 3 aliphatic rings. The number of unbranched alkanes of at least 4 members (excludes halogenated alkanes) is 12. The van der Waals surface area contributed by atoms with Crippen molar-refractivity contribution in [2.24, 2.45) is 0 Å². The maximum atomic E-state index is 3.94. The van der Waals surface area contributed by atoms with E-state index >= 15 is 0 Å². The van der Waals surface area contributed by atoms with Gasteiger partial charge in [0.15, 0.2) is 8.07 Å². The van der Waals surface area contributed by atoms with Gasteiger partial charge in [0.25, 0.3) is 0 Å². The van der Waals surface area contributed by atoms with Crippen LogP contribution in [0.4, 0.5) is 0 Å². The Bertz CT molecular complexity index is 1880. The molecule has 0 N–H and O–H groups in total. The quantitative estimate of drug-likeness (QED) is 0.0544. The largest absolute Gasteiger partial charge is 0.165 e. The summed E-state index contributed by atoms with van der Waals surface area (Å²) >= 11 is 7.87. The number of halogens is 2. The molecule has 4 aromatic carbocycles. The average molecular weight is 905 g/mol.